The smallest absolute Gasteiger partial charge is 0.392 e. The van der Waals surface area contributed by atoms with Gasteiger partial charge in [-0.2, -0.15) is 13.2 Å². The molecule has 2 bridgehead atoms. The number of hydrogen-bond donors (Lipinski definition) is 0. The molecule has 0 amide bonds. The summed E-state index contributed by atoms with van der Waals surface area (Å²) in [4.78, 5) is 12.5. The summed E-state index contributed by atoms with van der Waals surface area (Å²) < 4.78 is 60.5. The normalized spacial score (nSPS) is 23.1. The monoisotopic (exact) mass is 566 g/mol. The Morgan fingerprint density at radius 2 is 1.60 bits per heavy atom. The Bertz CT molecular complexity index is 1070. The van der Waals surface area contributed by atoms with E-state index in [1.54, 1.807) is 40.2 Å². The first-order chi connectivity index (χ1) is 18.4. The van der Waals surface area contributed by atoms with Crippen LogP contribution in [0.2, 0.25) is 0 Å². The average Bonchev–Trinajstić information content (AvgIpc) is 2.86. The predicted molar refractivity (Wildman–Crippen MR) is 153 cm³/mol. The van der Waals surface area contributed by atoms with Gasteiger partial charge in [0.05, 0.1) is 25.6 Å². The summed E-state index contributed by atoms with van der Waals surface area (Å²) in [5.74, 6) is -0.129. The summed E-state index contributed by atoms with van der Waals surface area (Å²) in [7, 11) is 3.12. The van der Waals surface area contributed by atoms with Gasteiger partial charge < -0.3 is 14.2 Å². The lowest BCUT2D eigenvalue weighted by atomic mass is 9.45. The minimum Gasteiger partial charge on any atom is -0.496 e. The van der Waals surface area contributed by atoms with E-state index in [9.17, 15) is 18.0 Å². The number of carbonyl (C=O) groups excluding carboxylic acids is 1. The highest BCUT2D eigenvalue weighted by molar-refractivity contribution is 5.75. The first kappa shape index (κ1) is 32.3. The molecule has 0 aromatic heterocycles. The second kappa shape index (κ2) is 11.6. The van der Waals surface area contributed by atoms with Crippen LogP contribution in [0.5, 0.6) is 11.5 Å². The van der Waals surface area contributed by atoms with Gasteiger partial charge in [0.15, 0.2) is 0 Å². The molecule has 0 heterocycles. The first-order valence-electron chi connectivity index (χ1n) is 14.6. The summed E-state index contributed by atoms with van der Waals surface area (Å²) in [6.45, 7) is 15.5. The van der Waals surface area contributed by atoms with Crippen molar-refractivity contribution in [1.82, 2.24) is 0 Å². The lowest BCUT2D eigenvalue weighted by molar-refractivity contribution is -0.193. The van der Waals surface area contributed by atoms with E-state index in [4.69, 9.17) is 14.2 Å². The van der Waals surface area contributed by atoms with Crippen molar-refractivity contribution in [3.05, 3.63) is 34.9 Å². The maximum Gasteiger partial charge on any atom is 0.392 e. The van der Waals surface area contributed by atoms with Crippen LogP contribution < -0.4 is 9.47 Å². The van der Waals surface area contributed by atoms with Gasteiger partial charge in [-0.05, 0) is 74.1 Å². The van der Waals surface area contributed by atoms with E-state index in [0.717, 1.165) is 30.4 Å². The molecule has 0 unspecified atom stereocenters. The number of hydrogen-bond acceptors (Lipinski definition) is 4. The van der Waals surface area contributed by atoms with Crippen LogP contribution in [0.1, 0.15) is 105 Å². The Morgan fingerprint density at radius 1 is 1.02 bits per heavy atom. The van der Waals surface area contributed by atoms with Crippen LogP contribution in [0.3, 0.4) is 0 Å². The molecule has 0 spiro atoms. The molecule has 0 aliphatic heterocycles. The molecule has 1 fully saturated rings. The first-order valence-corrected chi connectivity index (χ1v) is 14.6. The Morgan fingerprint density at radius 3 is 2.05 bits per heavy atom. The summed E-state index contributed by atoms with van der Waals surface area (Å²) in [6, 6.07) is 3.56. The van der Waals surface area contributed by atoms with Gasteiger partial charge >= 0.3 is 12.1 Å². The van der Waals surface area contributed by atoms with Crippen molar-refractivity contribution in [1.29, 1.82) is 0 Å². The van der Waals surface area contributed by atoms with Gasteiger partial charge in [-0.1, -0.05) is 60.0 Å². The van der Waals surface area contributed by atoms with Crippen molar-refractivity contribution in [2.45, 2.75) is 105 Å². The van der Waals surface area contributed by atoms with E-state index in [-0.39, 0.29) is 30.3 Å². The van der Waals surface area contributed by atoms with Gasteiger partial charge in [0.2, 0.25) is 0 Å². The fraction of sp³-hybridized carbons (Fsp3) is 0.727. The van der Waals surface area contributed by atoms with Gasteiger partial charge in [-0.25, -0.2) is 0 Å². The molecule has 7 heteroatoms. The number of allylic oxidation sites excluding steroid dienone is 1. The van der Waals surface area contributed by atoms with Crippen LogP contribution in [-0.2, 0) is 14.9 Å². The predicted octanol–water partition coefficient (Wildman–Crippen LogP) is 9.02. The van der Waals surface area contributed by atoms with Crippen molar-refractivity contribution in [2.75, 3.05) is 20.8 Å². The maximum atomic E-state index is 14.3. The number of ether oxygens (including phenoxy) is 3. The third-order valence-corrected chi connectivity index (χ3v) is 9.58. The van der Waals surface area contributed by atoms with E-state index in [0.29, 0.717) is 35.3 Å². The number of benzene rings is 1. The Kier molecular flexibility index (Phi) is 9.38. The molecule has 0 N–H and O–H groups in total. The summed E-state index contributed by atoms with van der Waals surface area (Å²) in [5, 5.41) is 0. The van der Waals surface area contributed by atoms with Crippen LogP contribution in [0.25, 0.3) is 0 Å². The molecule has 4 rings (SSSR count). The van der Waals surface area contributed by atoms with E-state index in [1.807, 2.05) is 27.7 Å². The highest BCUT2D eigenvalue weighted by Gasteiger charge is 2.57. The van der Waals surface area contributed by atoms with Gasteiger partial charge in [-0.3, -0.25) is 4.79 Å². The summed E-state index contributed by atoms with van der Waals surface area (Å²) in [5.41, 5.74) is 0.671. The highest BCUT2D eigenvalue weighted by Crippen LogP contribution is 2.65. The van der Waals surface area contributed by atoms with E-state index >= 15 is 0 Å². The van der Waals surface area contributed by atoms with Crippen LogP contribution in [0, 0.1) is 28.6 Å². The van der Waals surface area contributed by atoms with Gasteiger partial charge in [0, 0.05) is 16.9 Å². The van der Waals surface area contributed by atoms with E-state index in [1.165, 1.54) is 0 Å². The van der Waals surface area contributed by atoms with Crippen molar-refractivity contribution in [2.24, 2.45) is 28.6 Å². The standard InChI is InChI=1S/C33H49F3O4/c1-11-12-13-14-27(33(34,35)36)31(5,6)21-16-25(38-9)28(26(17-21)39-10)22-15-20(19-40-29(37)30(2,3)4)23-18-24(22)32(23,7)8/h15-17,22-24,27H,11-14,18-19H2,1-10H3/t22-,23+,24-,27-/m0/s1. The molecular weight excluding hydrogens is 517 g/mol. The SMILES string of the molecule is CCCCC[C@H](C(F)(F)F)C(C)(C)c1cc(OC)c([C@H]2C=C(COC(=O)C(C)(C)C)[C@H]3C[C@@H]2C3(C)C)c(OC)c1. The maximum absolute atomic E-state index is 14.3. The number of rotatable bonds is 11. The largest absolute Gasteiger partial charge is 0.496 e. The molecule has 40 heavy (non-hydrogen) atoms. The van der Waals surface area contributed by atoms with Crippen LogP contribution in [0.15, 0.2) is 23.8 Å². The topological polar surface area (TPSA) is 44.8 Å². The average molecular weight is 567 g/mol. The van der Waals surface area contributed by atoms with Crippen LogP contribution in [0.4, 0.5) is 13.2 Å². The molecule has 0 saturated heterocycles. The second-order valence-corrected chi connectivity index (χ2v) is 13.9. The van der Waals surface area contributed by atoms with Crippen molar-refractivity contribution in [3.63, 3.8) is 0 Å². The summed E-state index contributed by atoms with van der Waals surface area (Å²) in [6.07, 6.45) is 1.05. The fourth-order valence-electron chi connectivity index (χ4n) is 6.83. The molecule has 0 radical (unpaired) electrons. The van der Waals surface area contributed by atoms with Gasteiger partial charge in [-0.15, -0.1) is 0 Å². The quantitative estimate of drug-likeness (QED) is 0.152. The number of methoxy groups -OCH3 is 2. The lowest BCUT2D eigenvalue weighted by Gasteiger charge is -2.59. The number of carbonyl (C=O) groups is 1. The zero-order valence-corrected chi connectivity index (χ0v) is 26.1. The Labute approximate surface area is 239 Å². The van der Waals surface area contributed by atoms with E-state index in [2.05, 4.69) is 19.9 Å². The Hall–Kier alpha value is -2.18. The van der Waals surface area contributed by atoms with Crippen LogP contribution in [-0.4, -0.2) is 33.0 Å². The third-order valence-electron chi connectivity index (χ3n) is 9.58. The minimum atomic E-state index is -4.33. The number of halogens is 3. The number of alkyl halides is 3. The molecule has 4 nitrogen and oxygen atoms in total. The molecule has 1 saturated carbocycles. The zero-order chi connectivity index (χ0) is 30.3. The highest BCUT2D eigenvalue weighted by atomic mass is 19.4. The van der Waals surface area contributed by atoms with Gasteiger partial charge in [0.25, 0.3) is 0 Å². The number of esters is 1. The van der Waals surface area contributed by atoms with Crippen molar-refractivity contribution in [3.8, 4) is 11.5 Å². The number of unbranched alkanes of at least 4 members (excludes halogenated alkanes) is 2. The molecular formula is C33H49F3O4. The molecule has 1 aromatic rings. The molecule has 3 aliphatic rings. The van der Waals surface area contributed by atoms with Crippen LogP contribution >= 0.6 is 0 Å². The van der Waals surface area contributed by atoms with Crippen molar-refractivity contribution >= 4 is 5.97 Å². The molecule has 226 valence electrons. The molecule has 4 atom stereocenters. The molecule has 1 aromatic carbocycles. The second-order valence-electron chi connectivity index (χ2n) is 13.9. The third kappa shape index (κ3) is 6.18. The van der Waals surface area contributed by atoms with Gasteiger partial charge in [0.1, 0.15) is 18.1 Å². The zero-order valence-electron chi connectivity index (χ0n) is 26.1. The minimum absolute atomic E-state index is 0.0302. The van der Waals surface area contributed by atoms with E-state index < -0.39 is 22.9 Å². The fourth-order valence-corrected chi connectivity index (χ4v) is 6.83. The van der Waals surface area contributed by atoms with Crippen molar-refractivity contribution < 1.29 is 32.2 Å². The summed E-state index contributed by atoms with van der Waals surface area (Å²) >= 11 is 0. The lowest BCUT2D eigenvalue weighted by Crippen LogP contribution is -2.52. The Balaban J connectivity index is 2.06. The number of fused-ring (bicyclic) bond motifs is 1. The molecule has 3 aliphatic carbocycles.